The van der Waals surface area contributed by atoms with Gasteiger partial charge >= 0.3 is 0 Å². The molecule has 0 N–H and O–H groups in total. The van der Waals surface area contributed by atoms with Crippen LogP contribution in [-0.4, -0.2) is 4.98 Å². The summed E-state index contributed by atoms with van der Waals surface area (Å²) in [6.45, 7) is 2.28. The van der Waals surface area contributed by atoms with Crippen molar-refractivity contribution in [1.29, 1.82) is 0 Å². The normalized spacial score (nSPS) is 19.1. The summed E-state index contributed by atoms with van der Waals surface area (Å²) in [4.78, 5) is 4.48. The van der Waals surface area contributed by atoms with Gasteiger partial charge < -0.3 is 0 Å². The zero-order chi connectivity index (χ0) is 19.6. The van der Waals surface area contributed by atoms with Crippen LogP contribution in [0.25, 0.3) is 11.3 Å². The summed E-state index contributed by atoms with van der Waals surface area (Å²) in [7, 11) is 0. The molecular weight excluding hydrogens is 345 g/mol. The lowest BCUT2D eigenvalue weighted by Crippen LogP contribution is -2.13. The molecule has 0 spiro atoms. The highest BCUT2D eigenvalue weighted by atomic mass is 19.1. The predicted octanol–water partition coefficient (Wildman–Crippen LogP) is 7.41. The predicted molar refractivity (Wildman–Crippen MR) is 115 cm³/mol. The fourth-order valence-electron chi connectivity index (χ4n) is 4.08. The third-order valence-electron chi connectivity index (χ3n) is 5.89. The summed E-state index contributed by atoms with van der Waals surface area (Å²) in [5, 5.41) is 0. The number of unbranched alkanes of at least 4 members (excludes halogenated alkanes) is 4. The molecule has 0 unspecified atom stereocenters. The molecule has 0 atom stereocenters. The maximum absolute atomic E-state index is 13.0. The van der Waals surface area contributed by atoms with Crippen LogP contribution in [0.2, 0.25) is 0 Å². The van der Waals surface area contributed by atoms with Crippen LogP contribution in [0.3, 0.4) is 0 Å². The zero-order valence-electron chi connectivity index (χ0n) is 17.1. The minimum absolute atomic E-state index is 0.225. The second kappa shape index (κ2) is 11.0. The SMILES string of the molecule is CCCCCCC[C@H]1CC[C@H](C#Cc2ccc(-c3ccc(F)cc3)nc2)CC1. The van der Waals surface area contributed by atoms with Gasteiger partial charge in [-0.1, -0.05) is 57.3 Å². The van der Waals surface area contributed by atoms with E-state index in [1.54, 1.807) is 12.1 Å². The molecule has 148 valence electrons. The third kappa shape index (κ3) is 6.48. The Morgan fingerprint density at radius 3 is 2.36 bits per heavy atom. The molecular formula is C26H32FN. The first-order valence-corrected chi connectivity index (χ1v) is 11.0. The largest absolute Gasteiger partial charge is 0.255 e. The van der Waals surface area contributed by atoms with Crippen molar-refractivity contribution in [3.8, 4) is 23.1 Å². The van der Waals surface area contributed by atoms with E-state index in [0.29, 0.717) is 5.92 Å². The summed E-state index contributed by atoms with van der Waals surface area (Å²) in [6, 6.07) is 10.4. The Bertz CT molecular complexity index is 759. The van der Waals surface area contributed by atoms with Gasteiger partial charge in [0.05, 0.1) is 5.69 Å². The van der Waals surface area contributed by atoms with Crippen LogP contribution in [0, 0.1) is 29.5 Å². The molecule has 0 bridgehead atoms. The summed E-state index contributed by atoms with van der Waals surface area (Å²) in [5.41, 5.74) is 2.74. The van der Waals surface area contributed by atoms with Crippen molar-refractivity contribution >= 4 is 0 Å². The molecule has 0 radical (unpaired) electrons. The Hall–Kier alpha value is -2.14. The highest BCUT2D eigenvalue weighted by molar-refractivity contribution is 5.59. The smallest absolute Gasteiger partial charge is 0.123 e. The molecule has 0 aliphatic heterocycles. The minimum atomic E-state index is -0.225. The average Bonchev–Trinajstić information content (AvgIpc) is 2.74. The Labute approximate surface area is 169 Å². The molecule has 0 amide bonds. The fraction of sp³-hybridized carbons (Fsp3) is 0.500. The van der Waals surface area contributed by atoms with E-state index < -0.39 is 0 Å². The summed E-state index contributed by atoms with van der Waals surface area (Å²) in [6.07, 6.45) is 15.4. The van der Waals surface area contributed by atoms with Gasteiger partial charge in [-0.15, -0.1) is 0 Å². The van der Waals surface area contributed by atoms with E-state index in [-0.39, 0.29) is 5.82 Å². The van der Waals surface area contributed by atoms with Crippen LogP contribution in [0.5, 0.6) is 0 Å². The van der Waals surface area contributed by atoms with E-state index >= 15 is 0 Å². The van der Waals surface area contributed by atoms with Crippen LogP contribution < -0.4 is 0 Å². The number of hydrogen-bond acceptors (Lipinski definition) is 1. The lowest BCUT2D eigenvalue weighted by molar-refractivity contribution is 0.294. The van der Waals surface area contributed by atoms with E-state index in [1.165, 1.54) is 76.3 Å². The van der Waals surface area contributed by atoms with Crippen molar-refractivity contribution in [2.75, 3.05) is 0 Å². The topological polar surface area (TPSA) is 12.9 Å². The van der Waals surface area contributed by atoms with Crippen LogP contribution in [-0.2, 0) is 0 Å². The number of aromatic nitrogens is 1. The van der Waals surface area contributed by atoms with Gasteiger partial charge in [0.1, 0.15) is 5.82 Å². The third-order valence-corrected chi connectivity index (χ3v) is 5.89. The molecule has 1 aromatic carbocycles. The minimum Gasteiger partial charge on any atom is -0.255 e. The standard InChI is InChI=1S/C26H32FN/c1-2-3-4-5-6-7-21-8-10-22(11-9-21)12-13-23-14-19-26(28-20-23)24-15-17-25(27)18-16-24/h14-22H,2-11H2,1H3/t21-,22-. The van der Waals surface area contributed by atoms with E-state index in [1.807, 2.05) is 18.3 Å². The summed E-state index contributed by atoms with van der Waals surface area (Å²) in [5.74, 6) is 8.02. The van der Waals surface area contributed by atoms with Crippen molar-refractivity contribution in [2.24, 2.45) is 11.8 Å². The molecule has 2 heteroatoms. The quantitative estimate of drug-likeness (QED) is 0.362. The number of nitrogens with zero attached hydrogens (tertiary/aromatic N) is 1. The van der Waals surface area contributed by atoms with Crippen LogP contribution in [0.15, 0.2) is 42.6 Å². The van der Waals surface area contributed by atoms with Gasteiger partial charge in [-0.3, -0.25) is 4.98 Å². The first-order chi connectivity index (χ1) is 13.7. The van der Waals surface area contributed by atoms with Crippen molar-refractivity contribution in [3.05, 3.63) is 54.0 Å². The first-order valence-electron chi connectivity index (χ1n) is 11.0. The lowest BCUT2D eigenvalue weighted by Gasteiger charge is -2.25. The Balaban J connectivity index is 1.44. The Morgan fingerprint density at radius 1 is 0.929 bits per heavy atom. The summed E-state index contributed by atoms with van der Waals surface area (Å²) < 4.78 is 13.0. The average molecular weight is 378 g/mol. The van der Waals surface area contributed by atoms with E-state index in [9.17, 15) is 4.39 Å². The monoisotopic (exact) mass is 377 g/mol. The van der Waals surface area contributed by atoms with E-state index in [0.717, 1.165) is 22.7 Å². The summed E-state index contributed by atoms with van der Waals surface area (Å²) >= 11 is 0. The van der Waals surface area contributed by atoms with Crippen molar-refractivity contribution in [3.63, 3.8) is 0 Å². The second-order valence-corrected chi connectivity index (χ2v) is 8.13. The molecule has 1 nitrogen and oxygen atoms in total. The van der Waals surface area contributed by atoms with Gasteiger partial charge in [0.25, 0.3) is 0 Å². The van der Waals surface area contributed by atoms with Gasteiger partial charge in [0, 0.05) is 23.2 Å². The van der Waals surface area contributed by atoms with Gasteiger partial charge in [0.2, 0.25) is 0 Å². The molecule has 1 aliphatic carbocycles. The highest BCUT2D eigenvalue weighted by Crippen LogP contribution is 2.31. The molecule has 1 heterocycles. The second-order valence-electron chi connectivity index (χ2n) is 8.13. The van der Waals surface area contributed by atoms with Crippen LogP contribution in [0.1, 0.15) is 76.7 Å². The maximum atomic E-state index is 13.0. The molecule has 3 rings (SSSR count). The number of hydrogen-bond donors (Lipinski definition) is 0. The molecule has 0 saturated heterocycles. The highest BCUT2D eigenvalue weighted by Gasteiger charge is 2.19. The molecule has 1 saturated carbocycles. The molecule has 1 aliphatic rings. The fourth-order valence-corrected chi connectivity index (χ4v) is 4.08. The van der Waals surface area contributed by atoms with Gasteiger partial charge in [-0.25, -0.2) is 4.39 Å². The van der Waals surface area contributed by atoms with E-state index in [2.05, 4.69) is 23.7 Å². The van der Waals surface area contributed by atoms with Gasteiger partial charge in [-0.05, 0) is 68.0 Å². The lowest BCUT2D eigenvalue weighted by atomic mass is 9.80. The number of pyridine rings is 1. The maximum Gasteiger partial charge on any atom is 0.123 e. The van der Waals surface area contributed by atoms with Crippen LogP contribution >= 0.6 is 0 Å². The van der Waals surface area contributed by atoms with Crippen molar-refractivity contribution in [2.45, 2.75) is 71.1 Å². The number of rotatable bonds is 7. The first kappa shape index (κ1) is 20.6. The Kier molecular flexibility index (Phi) is 8.09. The van der Waals surface area contributed by atoms with Crippen LogP contribution in [0.4, 0.5) is 4.39 Å². The molecule has 1 fully saturated rings. The van der Waals surface area contributed by atoms with Crippen molar-refractivity contribution < 1.29 is 4.39 Å². The molecule has 1 aromatic heterocycles. The van der Waals surface area contributed by atoms with Gasteiger partial charge in [0.15, 0.2) is 0 Å². The van der Waals surface area contributed by atoms with E-state index in [4.69, 9.17) is 0 Å². The number of halogens is 1. The number of benzene rings is 1. The molecule has 2 aromatic rings. The molecule has 28 heavy (non-hydrogen) atoms. The van der Waals surface area contributed by atoms with Crippen molar-refractivity contribution in [1.82, 2.24) is 4.98 Å². The zero-order valence-corrected chi connectivity index (χ0v) is 17.1. The Morgan fingerprint density at radius 2 is 1.68 bits per heavy atom. The van der Waals surface area contributed by atoms with Gasteiger partial charge in [-0.2, -0.15) is 0 Å².